The second-order valence-corrected chi connectivity index (χ2v) is 4.79. The minimum Gasteiger partial charge on any atom is -0.351 e. The number of halogens is 1. The Kier molecular flexibility index (Phi) is 5.28. The van der Waals surface area contributed by atoms with Crippen LogP contribution >= 0.6 is 0 Å². The number of carbonyl (C=O) groups is 1. The lowest BCUT2D eigenvalue weighted by atomic mass is 10.1. The molecular weight excluding hydrogens is 231 g/mol. The fourth-order valence-corrected chi connectivity index (χ4v) is 1.58. The van der Waals surface area contributed by atoms with Crippen molar-refractivity contribution in [1.82, 2.24) is 10.2 Å². The summed E-state index contributed by atoms with van der Waals surface area (Å²) in [5.41, 5.74) is 1.19. The van der Waals surface area contributed by atoms with Crippen LogP contribution in [0.25, 0.3) is 0 Å². The Labute approximate surface area is 108 Å². The number of nitrogens with one attached hydrogen (secondary N) is 1. The van der Waals surface area contributed by atoms with Crippen LogP contribution in [-0.2, 0) is 0 Å². The maximum atomic E-state index is 12.9. The molecule has 1 rings (SSSR count). The summed E-state index contributed by atoms with van der Waals surface area (Å²) >= 11 is 0. The Morgan fingerprint density at radius 3 is 2.67 bits per heavy atom. The highest BCUT2D eigenvalue weighted by Gasteiger charge is 2.09. The van der Waals surface area contributed by atoms with E-state index in [4.69, 9.17) is 0 Å². The first-order valence-corrected chi connectivity index (χ1v) is 6.16. The molecule has 0 radical (unpaired) electrons. The van der Waals surface area contributed by atoms with Crippen LogP contribution in [0.1, 0.15) is 29.8 Å². The first-order valence-electron chi connectivity index (χ1n) is 6.16. The molecule has 1 aromatic carbocycles. The van der Waals surface area contributed by atoms with Crippen LogP contribution in [0.2, 0.25) is 0 Å². The summed E-state index contributed by atoms with van der Waals surface area (Å²) in [6, 6.07) is 4.65. The first kappa shape index (κ1) is 14.6. The van der Waals surface area contributed by atoms with Crippen LogP contribution in [0.5, 0.6) is 0 Å². The Hall–Kier alpha value is -1.42. The van der Waals surface area contributed by atoms with Gasteiger partial charge in [-0.2, -0.15) is 0 Å². The van der Waals surface area contributed by atoms with Gasteiger partial charge in [-0.25, -0.2) is 4.39 Å². The number of nitrogens with zero attached hydrogens (tertiary/aromatic N) is 1. The van der Waals surface area contributed by atoms with Gasteiger partial charge in [-0.3, -0.25) is 4.79 Å². The summed E-state index contributed by atoms with van der Waals surface area (Å²) in [6.07, 6.45) is 0. The lowest BCUT2D eigenvalue weighted by molar-refractivity contribution is 0.0947. The number of amides is 1. The van der Waals surface area contributed by atoms with Crippen molar-refractivity contribution in [2.45, 2.75) is 26.8 Å². The SMILES string of the molecule is Cc1cc(F)ccc1C(=O)NCCN(C)C(C)C. The molecule has 0 bridgehead atoms. The van der Waals surface area contributed by atoms with E-state index in [9.17, 15) is 9.18 Å². The van der Waals surface area contributed by atoms with Crippen molar-refractivity contribution in [1.29, 1.82) is 0 Å². The van der Waals surface area contributed by atoms with Gasteiger partial charge in [0.05, 0.1) is 0 Å². The second kappa shape index (κ2) is 6.50. The number of carbonyl (C=O) groups excluding carboxylic acids is 1. The molecule has 18 heavy (non-hydrogen) atoms. The molecule has 1 amide bonds. The van der Waals surface area contributed by atoms with Gasteiger partial charge >= 0.3 is 0 Å². The summed E-state index contributed by atoms with van der Waals surface area (Å²) in [4.78, 5) is 14.0. The van der Waals surface area contributed by atoms with E-state index in [1.807, 2.05) is 7.05 Å². The summed E-state index contributed by atoms with van der Waals surface area (Å²) in [6.45, 7) is 7.32. The van der Waals surface area contributed by atoms with Crippen LogP contribution in [0.4, 0.5) is 4.39 Å². The van der Waals surface area contributed by atoms with Gasteiger partial charge in [0, 0.05) is 24.7 Å². The molecule has 0 saturated heterocycles. The van der Waals surface area contributed by atoms with E-state index in [0.717, 1.165) is 6.54 Å². The minimum absolute atomic E-state index is 0.148. The molecule has 1 N–H and O–H groups in total. The fourth-order valence-electron chi connectivity index (χ4n) is 1.58. The second-order valence-electron chi connectivity index (χ2n) is 4.79. The molecule has 0 spiro atoms. The van der Waals surface area contributed by atoms with Crippen molar-refractivity contribution in [2.75, 3.05) is 20.1 Å². The molecule has 0 fully saturated rings. The van der Waals surface area contributed by atoms with Crippen LogP contribution in [-0.4, -0.2) is 37.0 Å². The Morgan fingerprint density at radius 1 is 1.44 bits per heavy atom. The highest BCUT2D eigenvalue weighted by molar-refractivity contribution is 5.95. The molecule has 0 saturated carbocycles. The topological polar surface area (TPSA) is 32.3 Å². The number of hydrogen-bond donors (Lipinski definition) is 1. The van der Waals surface area contributed by atoms with Gasteiger partial charge in [-0.1, -0.05) is 0 Å². The molecule has 0 aliphatic carbocycles. The maximum absolute atomic E-state index is 12.9. The van der Waals surface area contributed by atoms with Crippen molar-refractivity contribution in [3.8, 4) is 0 Å². The van der Waals surface area contributed by atoms with Gasteiger partial charge < -0.3 is 10.2 Å². The normalized spacial score (nSPS) is 11.1. The van der Waals surface area contributed by atoms with Crippen molar-refractivity contribution in [3.63, 3.8) is 0 Å². The summed E-state index contributed by atoms with van der Waals surface area (Å²) < 4.78 is 12.9. The van der Waals surface area contributed by atoms with Crippen molar-refractivity contribution >= 4 is 5.91 Å². The van der Waals surface area contributed by atoms with Gasteiger partial charge in [-0.05, 0) is 51.6 Å². The van der Waals surface area contributed by atoms with Crippen molar-refractivity contribution < 1.29 is 9.18 Å². The molecule has 0 heterocycles. The third kappa shape index (κ3) is 4.11. The first-order chi connectivity index (χ1) is 8.41. The zero-order chi connectivity index (χ0) is 13.7. The third-order valence-electron chi connectivity index (χ3n) is 3.06. The fraction of sp³-hybridized carbons (Fsp3) is 0.500. The maximum Gasteiger partial charge on any atom is 0.251 e. The summed E-state index contributed by atoms with van der Waals surface area (Å²) in [5.74, 6) is -0.465. The minimum atomic E-state index is -0.316. The molecule has 0 atom stereocenters. The highest BCUT2D eigenvalue weighted by Crippen LogP contribution is 2.09. The average Bonchev–Trinajstić information content (AvgIpc) is 2.28. The zero-order valence-corrected chi connectivity index (χ0v) is 11.5. The van der Waals surface area contributed by atoms with Gasteiger partial charge in [-0.15, -0.1) is 0 Å². The average molecular weight is 252 g/mol. The molecule has 4 heteroatoms. The van der Waals surface area contributed by atoms with Crippen LogP contribution in [0.3, 0.4) is 0 Å². The van der Waals surface area contributed by atoms with E-state index in [0.29, 0.717) is 23.7 Å². The van der Waals surface area contributed by atoms with E-state index in [-0.39, 0.29) is 11.7 Å². The van der Waals surface area contributed by atoms with Crippen LogP contribution in [0.15, 0.2) is 18.2 Å². The van der Waals surface area contributed by atoms with Gasteiger partial charge in [0.1, 0.15) is 5.82 Å². The van der Waals surface area contributed by atoms with Gasteiger partial charge in [0.25, 0.3) is 5.91 Å². The van der Waals surface area contributed by atoms with E-state index in [1.54, 1.807) is 6.92 Å². The monoisotopic (exact) mass is 252 g/mol. The lowest BCUT2D eigenvalue weighted by Gasteiger charge is -2.21. The van der Waals surface area contributed by atoms with E-state index in [2.05, 4.69) is 24.1 Å². The largest absolute Gasteiger partial charge is 0.351 e. The third-order valence-corrected chi connectivity index (χ3v) is 3.06. The quantitative estimate of drug-likeness (QED) is 0.871. The lowest BCUT2D eigenvalue weighted by Crippen LogP contribution is -2.36. The smallest absolute Gasteiger partial charge is 0.251 e. The predicted molar refractivity (Wildman–Crippen MR) is 71.2 cm³/mol. The van der Waals surface area contributed by atoms with Gasteiger partial charge in [0.2, 0.25) is 0 Å². The Balaban J connectivity index is 2.51. The number of rotatable bonds is 5. The van der Waals surface area contributed by atoms with E-state index in [1.165, 1.54) is 18.2 Å². The predicted octanol–water partition coefficient (Wildman–Crippen LogP) is 2.20. The Morgan fingerprint density at radius 2 is 2.11 bits per heavy atom. The van der Waals surface area contributed by atoms with E-state index >= 15 is 0 Å². The zero-order valence-electron chi connectivity index (χ0n) is 11.5. The van der Waals surface area contributed by atoms with Crippen molar-refractivity contribution in [3.05, 3.63) is 35.1 Å². The van der Waals surface area contributed by atoms with Crippen molar-refractivity contribution in [2.24, 2.45) is 0 Å². The molecule has 0 unspecified atom stereocenters. The Bertz CT molecular complexity index is 418. The van der Waals surface area contributed by atoms with Crippen LogP contribution in [0, 0.1) is 12.7 Å². The molecule has 100 valence electrons. The molecule has 0 aromatic heterocycles. The molecule has 0 aliphatic rings. The molecular formula is C14H21FN2O. The highest BCUT2D eigenvalue weighted by atomic mass is 19.1. The summed E-state index contributed by atoms with van der Waals surface area (Å²) in [7, 11) is 2.01. The molecule has 0 aliphatic heterocycles. The number of likely N-dealkylation sites (N-methyl/N-ethyl adjacent to an activating group) is 1. The number of benzene rings is 1. The number of aryl methyl sites for hydroxylation is 1. The molecule has 1 aromatic rings. The van der Waals surface area contributed by atoms with Gasteiger partial charge in [0.15, 0.2) is 0 Å². The van der Waals surface area contributed by atoms with E-state index < -0.39 is 0 Å². The molecule has 3 nitrogen and oxygen atoms in total. The summed E-state index contributed by atoms with van der Waals surface area (Å²) in [5, 5.41) is 2.84. The standard InChI is InChI=1S/C14H21FN2O/c1-10(2)17(4)8-7-16-14(18)13-6-5-12(15)9-11(13)3/h5-6,9-10H,7-8H2,1-4H3,(H,16,18). The number of hydrogen-bond acceptors (Lipinski definition) is 2. The van der Waals surface area contributed by atoms with Crippen LogP contribution < -0.4 is 5.32 Å².